The molecule has 0 aromatic carbocycles. The zero-order valence-electron chi connectivity index (χ0n) is 14.2. The molecule has 1 aliphatic rings. The van der Waals surface area contributed by atoms with Crippen molar-refractivity contribution in [3.05, 3.63) is 15.6 Å². The van der Waals surface area contributed by atoms with Gasteiger partial charge in [-0.25, -0.2) is 4.98 Å². The predicted octanol–water partition coefficient (Wildman–Crippen LogP) is 2.58. The molecule has 0 saturated carbocycles. The first-order valence-electron chi connectivity index (χ1n) is 8.02. The molecule has 0 amide bonds. The molecule has 124 valence electrons. The Morgan fingerprint density at radius 2 is 2.14 bits per heavy atom. The van der Waals surface area contributed by atoms with Gasteiger partial charge in [0.25, 0.3) is 0 Å². The molecule has 1 saturated heterocycles. The van der Waals surface area contributed by atoms with Crippen molar-refractivity contribution in [1.82, 2.24) is 15.2 Å². The standard InChI is InChI=1S/C16H28N4OS/c1-12-13(2)22-15(19-12)11-18-16(17-3)20(4)8-5-14-6-9-21-10-7-14/h14H,5-11H2,1-4H3,(H,17,18). The van der Waals surface area contributed by atoms with Crippen molar-refractivity contribution in [3.8, 4) is 0 Å². The van der Waals surface area contributed by atoms with Gasteiger partial charge in [-0.2, -0.15) is 0 Å². The minimum Gasteiger partial charge on any atom is -0.381 e. The van der Waals surface area contributed by atoms with Crippen molar-refractivity contribution in [2.75, 3.05) is 33.9 Å². The van der Waals surface area contributed by atoms with Crippen LogP contribution in [0.2, 0.25) is 0 Å². The summed E-state index contributed by atoms with van der Waals surface area (Å²) in [6.45, 7) is 7.79. The molecule has 22 heavy (non-hydrogen) atoms. The molecule has 0 radical (unpaired) electrons. The van der Waals surface area contributed by atoms with Gasteiger partial charge in [0.2, 0.25) is 0 Å². The third kappa shape index (κ3) is 4.95. The number of rotatable bonds is 5. The van der Waals surface area contributed by atoms with Crippen LogP contribution in [0, 0.1) is 19.8 Å². The van der Waals surface area contributed by atoms with Gasteiger partial charge in [-0.05, 0) is 39.0 Å². The van der Waals surface area contributed by atoms with Crippen molar-refractivity contribution in [2.45, 2.75) is 39.7 Å². The topological polar surface area (TPSA) is 49.8 Å². The van der Waals surface area contributed by atoms with E-state index in [0.717, 1.165) is 48.9 Å². The molecule has 1 aromatic rings. The normalized spacial score (nSPS) is 16.8. The molecule has 5 nitrogen and oxygen atoms in total. The lowest BCUT2D eigenvalue weighted by molar-refractivity contribution is 0.0625. The number of guanidine groups is 1. The third-order valence-electron chi connectivity index (χ3n) is 4.26. The number of hydrogen-bond acceptors (Lipinski definition) is 4. The molecule has 1 aromatic heterocycles. The molecule has 0 unspecified atom stereocenters. The highest BCUT2D eigenvalue weighted by molar-refractivity contribution is 7.11. The van der Waals surface area contributed by atoms with E-state index in [1.807, 2.05) is 7.05 Å². The monoisotopic (exact) mass is 324 g/mol. The van der Waals surface area contributed by atoms with Crippen LogP contribution in [0.15, 0.2) is 4.99 Å². The first kappa shape index (κ1) is 17.2. The number of hydrogen-bond donors (Lipinski definition) is 1. The van der Waals surface area contributed by atoms with Crippen LogP contribution in [-0.4, -0.2) is 49.7 Å². The highest BCUT2D eigenvalue weighted by Crippen LogP contribution is 2.19. The van der Waals surface area contributed by atoms with Crippen molar-refractivity contribution >= 4 is 17.3 Å². The molecule has 1 aliphatic heterocycles. The lowest BCUT2D eigenvalue weighted by Crippen LogP contribution is -2.39. The van der Waals surface area contributed by atoms with Gasteiger partial charge in [0.1, 0.15) is 5.01 Å². The van der Waals surface area contributed by atoms with Crippen molar-refractivity contribution < 1.29 is 4.74 Å². The van der Waals surface area contributed by atoms with E-state index in [0.29, 0.717) is 0 Å². The largest absolute Gasteiger partial charge is 0.381 e. The molecule has 2 rings (SSSR count). The van der Waals surface area contributed by atoms with Gasteiger partial charge in [0.05, 0.1) is 12.2 Å². The summed E-state index contributed by atoms with van der Waals surface area (Å²) in [4.78, 5) is 12.4. The summed E-state index contributed by atoms with van der Waals surface area (Å²) in [7, 11) is 3.94. The number of aryl methyl sites for hydroxylation is 2. The van der Waals surface area contributed by atoms with E-state index in [9.17, 15) is 0 Å². The number of thiazole rings is 1. The minimum atomic E-state index is 0.744. The van der Waals surface area contributed by atoms with E-state index in [1.165, 1.54) is 24.1 Å². The number of nitrogens with zero attached hydrogens (tertiary/aromatic N) is 3. The fourth-order valence-corrected chi connectivity index (χ4v) is 3.55. The van der Waals surface area contributed by atoms with E-state index in [1.54, 1.807) is 11.3 Å². The SMILES string of the molecule is CN=C(NCc1nc(C)c(C)s1)N(C)CCC1CCOCC1. The maximum Gasteiger partial charge on any atom is 0.193 e. The number of nitrogens with one attached hydrogen (secondary N) is 1. The van der Waals surface area contributed by atoms with E-state index < -0.39 is 0 Å². The van der Waals surface area contributed by atoms with Gasteiger partial charge < -0.3 is 15.0 Å². The second kappa shape index (κ2) is 8.48. The van der Waals surface area contributed by atoms with E-state index in [4.69, 9.17) is 4.74 Å². The van der Waals surface area contributed by atoms with Crippen LogP contribution >= 0.6 is 11.3 Å². The first-order valence-corrected chi connectivity index (χ1v) is 8.84. The minimum absolute atomic E-state index is 0.744. The van der Waals surface area contributed by atoms with Gasteiger partial charge in [-0.3, -0.25) is 4.99 Å². The molecule has 0 aliphatic carbocycles. The van der Waals surface area contributed by atoms with Gasteiger partial charge in [0.15, 0.2) is 5.96 Å². The lowest BCUT2D eigenvalue weighted by atomic mass is 9.96. The zero-order chi connectivity index (χ0) is 15.9. The molecule has 2 heterocycles. The molecule has 1 N–H and O–H groups in total. The van der Waals surface area contributed by atoms with Crippen molar-refractivity contribution in [1.29, 1.82) is 0 Å². The van der Waals surface area contributed by atoms with Gasteiger partial charge in [0, 0.05) is 38.7 Å². The van der Waals surface area contributed by atoms with Gasteiger partial charge >= 0.3 is 0 Å². The van der Waals surface area contributed by atoms with E-state index in [2.05, 4.69) is 41.1 Å². The second-order valence-electron chi connectivity index (χ2n) is 5.92. The van der Waals surface area contributed by atoms with Crippen LogP contribution < -0.4 is 5.32 Å². The Labute approximate surface area is 137 Å². The highest BCUT2D eigenvalue weighted by Gasteiger charge is 2.15. The average molecular weight is 324 g/mol. The summed E-state index contributed by atoms with van der Waals surface area (Å²) in [5.41, 5.74) is 1.13. The Kier molecular flexibility index (Phi) is 6.64. The Hall–Kier alpha value is -1.14. The molecule has 6 heteroatoms. The summed E-state index contributed by atoms with van der Waals surface area (Å²) >= 11 is 1.75. The molecule has 0 bridgehead atoms. The summed E-state index contributed by atoms with van der Waals surface area (Å²) in [5, 5.41) is 4.53. The lowest BCUT2D eigenvalue weighted by Gasteiger charge is -2.26. The van der Waals surface area contributed by atoms with Gasteiger partial charge in [-0.1, -0.05) is 0 Å². The van der Waals surface area contributed by atoms with Crippen LogP contribution in [0.1, 0.15) is 34.8 Å². The number of aliphatic imine (C=N–C) groups is 1. The second-order valence-corrected chi connectivity index (χ2v) is 7.20. The van der Waals surface area contributed by atoms with Crippen molar-refractivity contribution in [2.24, 2.45) is 10.9 Å². The maximum atomic E-state index is 5.42. The maximum absolute atomic E-state index is 5.42. The Bertz CT molecular complexity index is 475. The number of ether oxygens (including phenoxy) is 1. The summed E-state index contributed by atoms with van der Waals surface area (Å²) in [6.07, 6.45) is 3.59. The quantitative estimate of drug-likeness (QED) is 0.668. The van der Waals surface area contributed by atoms with E-state index >= 15 is 0 Å². The summed E-state index contributed by atoms with van der Waals surface area (Å²) < 4.78 is 5.42. The molecular weight excluding hydrogens is 296 g/mol. The van der Waals surface area contributed by atoms with Crippen molar-refractivity contribution in [3.63, 3.8) is 0 Å². The Balaban J connectivity index is 1.77. The third-order valence-corrected chi connectivity index (χ3v) is 5.33. The highest BCUT2D eigenvalue weighted by atomic mass is 32.1. The van der Waals surface area contributed by atoms with Crippen LogP contribution in [0.5, 0.6) is 0 Å². The Morgan fingerprint density at radius 1 is 1.41 bits per heavy atom. The van der Waals surface area contributed by atoms with Crippen LogP contribution in [0.25, 0.3) is 0 Å². The van der Waals surface area contributed by atoms with Crippen LogP contribution in [0.4, 0.5) is 0 Å². The molecule has 0 spiro atoms. The zero-order valence-corrected chi connectivity index (χ0v) is 15.0. The fraction of sp³-hybridized carbons (Fsp3) is 0.750. The van der Waals surface area contributed by atoms with Crippen LogP contribution in [-0.2, 0) is 11.3 Å². The first-order chi connectivity index (χ1) is 10.6. The summed E-state index contributed by atoms with van der Waals surface area (Å²) in [5.74, 6) is 1.73. The smallest absolute Gasteiger partial charge is 0.193 e. The molecular formula is C16H28N4OS. The Morgan fingerprint density at radius 3 is 2.73 bits per heavy atom. The fourth-order valence-electron chi connectivity index (χ4n) is 2.67. The summed E-state index contributed by atoms with van der Waals surface area (Å²) in [6, 6.07) is 0. The van der Waals surface area contributed by atoms with Gasteiger partial charge in [-0.15, -0.1) is 11.3 Å². The predicted molar refractivity (Wildman–Crippen MR) is 92.6 cm³/mol. The molecule has 1 fully saturated rings. The van der Waals surface area contributed by atoms with Crippen LogP contribution in [0.3, 0.4) is 0 Å². The number of aromatic nitrogens is 1. The molecule has 0 atom stereocenters. The van der Waals surface area contributed by atoms with E-state index in [-0.39, 0.29) is 0 Å². The average Bonchev–Trinajstić information content (AvgIpc) is 2.85.